The lowest BCUT2D eigenvalue weighted by atomic mass is 9.95. The molecular formula is C16H14O. The van der Waals surface area contributed by atoms with E-state index in [2.05, 4.69) is 36.4 Å². The Morgan fingerprint density at radius 3 is 1.59 bits per heavy atom. The van der Waals surface area contributed by atoms with Crippen molar-refractivity contribution < 1.29 is 5.11 Å². The Morgan fingerprint density at radius 1 is 0.706 bits per heavy atom. The van der Waals surface area contributed by atoms with Crippen molar-refractivity contribution in [2.75, 3.05) is 0 Å². The SMILES string of the molecule is OC1c2ccccc2[C@H]2C[C@@H]2c2ccccc21. The van der Waals surface area contributed by atoms with Gasteiger partial charge in [0.15, 0.2) is 0 Å². The molecule has 1 heteroatoms. The molecule has 1 saturated carbocycles. The molecule has 0 aromatic heterocycles. The third-order valence-corrected chi connectivity index (χ3v) is 4.17. The number of aliphatic hydroxyl groups excluding tert-OH is 1. The van der Waals surface area contributed by atoms with E-state index in [0.29, 0.717) is 11.8 Å². The zero-order valence-electron chi connectivity index (χ0n) is 9.51. The number of hydrogen-bond donors (Lipinski definition) is 1. The first-order valence-corrected chi connectivity index (χ1v) is 6.22. The van der Waals surface area contributed by atoms with Crippen LogP contribution in [0.3, 0.4) is 0 Å². The summed E-state index contributed by atoms with van der Waals surface area (Å²) in [6, 6.07) is 16.7. The second-order valence-corrected chi connectivity index (χ2v) is 5.11. The van der Waals surface area contributed by atoms with Crippen LogP contribution in [-0.2, 0) is 0 Å². The lowest BCUT2D eigenvalue weighted by Crippen LogP contribution is -2.03. The fourth-order valence-electron chi connectivity index (χ4n) is 3.25. The van der Waals surface area contributed by atoms with Crippen molar-refractivity contribution in [1.82, 2.24) is 0 Å². The van der Waals surface area contributed by atoms with E-state index in [0.717, 1.165) is 11.1 Å². The van der Waals surface area contributed by atoms with Gasteiger partial charge in [-0.05, 0) is 40.5 Å². The van der Waals surface area contributed by atoms with Crippen molar-refractivity contribution in [3.8, 4) is 0 Å². The van der Waals surface area contributed by atoms with Gasteiger partial charge >= 0.3 is 0 Å². The molecule has 0 amide bonds. The molecule has 1 nitrogen and oxygen atoms in total. The van der Waals surface area contributed by atoms with Crippen LogP contribution in [0, 0.1) is 0 Å². The monoisotopic (exact) mass is 222 g/mol. The van der Waals surface area contributed by atoms with Crippen LogP contribution in [0.5, 0.6) is 0 Å². The predicted octanol–water partition coefficient (Wildman–Crippen LogP) is 3.35. The maximum absolute atomic E-state index is 10.5. The second-order valence-electron chi connectivity index (χ2n) is 5.11. The van der Waals surface area contributed by atoms with E-state index in [1.165, 1.54) is 17.5 Å². The Bertz CT molecular complexity index is 536. The van der Waals surface area contributed by atoms with Gasteiger partial charge in [-0.15, -0.1) is 0 Å². The molecule has 2 aromatic carbocycles. The van der Waals surface area contributed by atoms with Gasteiger partial charge in [-0.2, -0.15) is 0 Å². The Balaban J connectivity index is 1.99. The summed E-state index contributed by atoms with van der Waals surface area (Å²) in [6.45, 7) is 0. The summed E-state index contributed by atoms with van der Waals surface area (Å²) in [6.07, 6.45) is 0.788. The highest BCUT2D eigenvalue weighted by atomic mass is 16.3. The van der Waals surface area contributed by atoms with Gasteiger partial charge in [-0.1, -0.05) is 48.5 Å². The molecule has 2 atom stereocenters. The van der Waals surface area contributed by atoms with Crippen LogP contribution in [0.4, 0.5) is 0 Å². The van der Waals surface area contributed by atoms with Crippen LogP contribution in [0.25, 0.3) is 0 Å². The third kappa shape index (κ3) is 1.23. The smallest absolute Gasteiger partial charge is 0.105 e. The molecular weight excluding hydrogens is 208 g/mol. The molecule has 0 saturated heterocycles. The summed E-state index contributed by atoms with van der Waals surface area (Å²) in [5.41, 5.74) is 4.90. The Morgan fingerprint density at radius 2 is 1.12 bits per heavy atom. The van der Waals surface area contributed by atoms with Gasteiger partial charge < -0.3 is 5.11 Å². The fourth-order valence-corrected chi connectivity index (χ4v) is 3.25. The summed E-state index contributed by atoms with van der Waals surface area (Å²) < 4.78 is 0. The number of rotatable bonds is 0. The molecule has 0 spiro atoms. The number of aliphatic hydroxyl groups is 1. The molecule has 84 valence electrons. The fraction of sp³-hybridized carbons (Fsp3) is 0.250. The third-order valence-electron chi connectivity index (χ3n) is 4.17. The molecule has 4 rings (SSSR count). The average molecular weight is 222 g/mol. The van der Waals surface area contributed by atoms with Crippen LogP contribution >= 0.6 is 0 Å². The molecule has 0 aliphatic heterocycles. The van der Waals surface area contributed by atoms with E-state index >= 15 is 0 Å². The van der Waals surface area contributed by atoms with Gasteiger partial charge in [0.1, 0.15) is 6.10 Å². The lowest BCUT2D eigenvalue weighted by molar-refractivity contribution is 0.219. The van der Waals surface area contributed by atoms with Crippen molar-refractivity contribution in [2.45, 2.75) is 24.4 Å². The summed E-state index contributed by atoms with van der Waals surface area (Å²) in [5.74, 6) is 1.26. The minimum absolute atomic E-state index is 0.449. The van der Waals surface area contributed by atoms with Crippen LogP contribution in [-0.4, -0.2) is 5.11 Å². The first-order chi connectivity index (χ1) is 8.36. The minimum Gasteiger partial charge on any atom is -0.384 e. The molecule has 17 heavy (non-hydrogen) atoms. The van der Waals surface area contributed by atoms with Crippen LogP contribution < -0.4 is 0 Å². The molecule has 0 radical (unpaired) electrons. The van der Waals surface area contributed by atoms with E-state index in [-0.39, 0.29) is 0 Å². The second kappa shape index (κ2) is 3.21. The topological polar surface area (TPSA) is 20.2 Å². The Hall–Kier alpha value is -1.60. The molecule has 1 N–H and O–H groups in total. The highest BCUT2D eigenvalue weighted by molar-refractivity contribution is 5.51. The molecule has 1 fully saturated rings. The maximum Gasteiger partial charge on any atom is 0.105 e. The largest absolute Gasteiger partial charge is 0.384 e. The highest BCUT2D eigenvalue weighted by Gasteiger charge is 2.45. The van der Waals surface area contributed by atoms with E-state index in [1.54, 1.807) is 0 Å². The average Bonchev–Trinajstić information content (AvgIpc) is 3.18. The van der Waals surface area contributed by atoms with Gasteiger partial charge in [0.2, 0.25) is 0 Å². The molecule has 0 heterocycles. The van der Waals surface area contributed by atoms with Crippen LogP contribution in [0.15, 0.2) is 48.5 Å². The van der Waals surface area contributed by atoms with Crippen molar-refractivity contribution in [2.24, 2.45) is 0 Å². The Labute approximate surface area is 101 Å². The first-order valence-electron chi connectivity index (χ1n) is 6.22. The molecule has 2 aromatic rings. The maximum atomic E-state index is 10.5. The van der Waals surface area contributed by atoms with E-state index in [9.17, 15) is 5.11 Å². The van der Waals surface area contributed by atoms with Crippen LogP contribution in [0.2, 0.25) is 0 Å². The number of fused-ring (bicyclic) bond motifs is 5. The van der Waals surface area contributed by atoms with E-state index in [1.807, 2.05) is 12.1 Å². The summed E-state index contributed by atoms with van der Waals surface area (Å²) >= 11 is 0. The number of benzene rings is 2. The zero-order chi connectivity index (χ0) is 11.4. The molecule has 0 bridgehead atoms. The van der Waals surface area contributed by atoms with Crippen molar-refractivity contribution >= 4 is 0 Å². The molecule has 0 unspecified atom stereocenters. The molecule has 2 aliphatic rings. The highest BCUT2D eigenvalue weighted by Crippen LogP contribution is 2.59. The summed E-state index contributed by atoms with van der Waals surface area (Å²) in [7, 11) is 0. The standard InChI is InChI=1S/C16H14O/c17-16-12-7-3-1-5-10(12)14-9-15(14)11-6-2-4-8-13(11)16/h1-8,14-17H,9H2/t14-,15-/m1/s1. The van der Waals surface area contributed by atoms with Crippen LogP contribution in [0.1, 0.15) is 46.6 Å². The van der Waals surface area contributed by atoms with Crippen molar-refractivity contribution in [3.05, 3.63) is 70.8 Å². The van der Waals surface area contributed by atoms with Gasteiger partial charge in [0.25, 0.3) is 0 Å². The summed E-state index contributed by atoms with van der Waals surface area (Å²) in [5, 5.41) is 10.5. The minimum atomic E-state index is -0.449. The van der Waals surface area contributed by atoms with Crippen molar-refractivity contribution in [1.29, 1.82) is 0 Å². The number of hydrogen-bond acceptors (Lipinski definition) is 1. The quantitative estimate of drug-likeness (QED) is 0.724. The van der Waals surface area contributed by atoms with E-state index in [4.69, 9.17) is 0 Å². The molecule has 2 aliphatic carbocycles. The van der Waals surface area contributed by atoms with E-state index < -0.39 is 6.10 Å². The van der Waals surface area contributed by atoms with Crippen molar-refractivity contribution in [3.63, 3.8) is 0 Å². The zero-order valence-corrected chi connectivity index (χ0v) is 9.51. The predicted molar refractivity (Wildman–Crippen MR) is 67.0 cm³/mol. The first kappa shape index (κ1) is 9.43. The van der Waals surface area contributed by atoms with Gasteiger partial charge in [0, 0.05) is 0 Å². The van der Waals surface area contributed by atoms with Gasteiger partial charge in [-0.25, -0.2) is 0 Å². The van der Waals surface area contributed by atoms with Gasteiger partial charge in [-0.3, -0.25) is 0 Å². The normalized spacial score (nSPS) is 25.5. The van der Waals surface area contributed by atoms with Gasteiger partial charge in [0.05, 0.1) is 0 Å². The lowest BCUT2D eigenvalue weighted by Gasteiger charge is -2.15. The Kier molecular flexibility index (Phi) is 1.78. The summed E-state index contributed by atoms with van der Waals surface area (Å²) in [4.78, 5) is 0.